The Kier molecular flexibility index (Phi) is 5.32. The summed E-state index contributed by atoms with van der Waals surface area (Å²) in [5.74, 6) is -0.267. The molecule has 120 valence electrons. The molecule has 0 radical (unpaired) electrons. The monoisotopic (exact) mass is 311 g/mol. The minimum atomic E-state index is -1.18. The van der Waals surface area contributed by atoms with Gasteiger partial charge in [-0.1, -0.05) is 0 Å². The number of nitrogens with one attached hydrogen (secondary N) is 1. The fourth-order valence-corrected chi connectivity index (χ4v) is 2.58. The van der Waals surface area contributed by atoms with Gasteiger partial charge >= 0.3 is 6.09 Å². The first-order valence-electron chi connectivity index (χ1n) is 6.91. The number of halogens is 1. The minimum Gasteiger partial charge on any atom is -0.491 e. The van der Waals surface area contributed by atoms with Crippen LogP contribution >= 0.6 is 0 Å². The Morgan fingerprint density at radius 1 is 1.50 bits per heavy atom. The predicted octanol–water partition coefficient (Wildman–Crippen LogP) is 1.40. The number of rotatable bonds is 7. The second-order valence-corrected chi connectivity index (χ2v) is 5.26. The van der Waals surface area contributed by atoms with Crippen LogP contribution < -0.4 is 10.1 Å². The molecule has 0 bridgehead atoms. The second-order valence-electron chi connectivity index (χ2n) is 5.26. The van der Waals surface area contributed by atoms with Gasteiger partial charge < -0.3 is 24.7 Å². The number of hydrogen-bond donors (Lipinski definition) is 2. The normalized spacial score (nSPS) is 17.6. The number of methoxy groups -OCH3 is 1. The van der Waals surface area contributed by atoms with Gasteiger partial charge in [-0.3, -0.25) is 0 Å². The van der Waals surface area contributed by atoms with Crippen LogP contribution in [-0.2, 0) is 22.4 Å². The largest absolute Gasteiger partial charge is 0.491 e. The summed E-state index contributed by atoms with van der Waals surface area (Å²) in [4.78, 5) is 21.5. The number of benzene rings is 1. The molecule has 1 amide bonds. The first kappa shape index (κ1) is 16.2. The van der Waals surface area contributed by atoms with Crippen molar-refractivity contribution in [3.05, 3.63) is 29.1 Å². The maximum atomic E-state index is 14.0. The molecule has 7 heteroatoms. The first-order chi connectivity index (χ1) is 10.5. The average molecular weight is 311 g/mol. The zero-order valence-corrected chi connectivity index (χ0v) is 12.2. The smallest absolute Gasteiger partial charge is 0.405 e. The Balaban J connectivity index is 2.03. The van der Waals surface area contributed by atoms with Crippen LogP contribution in [0.5, 0.6) is 5.75 Å². The summed E-state index contributed by atoms with van der Waals surface area (Å²) in [6.45, 7) is 0.169. The van der Waals surface area contributed by atoms with Gasteiger partial charge in [0.1, 0.15) is 24.5 Å². The Morgan fingerprint density at radius 3 is 2.91 bits per heavy atom. The zero-order chi connectivity index (χ0) is 16.1. The molecule has 1 aliphatic carbocycles. The lowest BCUT2D eigenvalue weighted by atomic mass is 10.1. The van der Waals surface area contributed by atoms with Gasteiger partial charge in [0.2, 0.25) is 0 Å². The zero-order valence-electron chi connectivity index (χ0n) is 12.2. The highest BCUT2D eigenvalue weighted by Gasteiger charge is 2.25. The van der Waals surface area contributed by atoms with E-state index >= 15 is 0 Å². The lowest BCUT2D eigenvalue weighted by molar-refractivity contribution is -0.110. The molecule has 0 spiro atoms. The van der Waals surface area contributed by atoms with Crippen molar-refractivity contribution in [2.75, 3.05) is 20.3 Å². The summed E-state index contributed by atoms with van der Waals surface area (Å²) >= 11 is 0. The molecule has 0 heterocycles. The van der Waals surface area contributed by atoms with Crippen molar-refractivity contribution >= 4 is 12.4 Å². The average Bonchev–Trinajstić information content (AvgIpc) is 2.88. The molecule has 2 rings (SSSR count). The van der Waals surface area contributed by atoms with E-state index < -0.39 is 18.0 Å². The van der Waals surface area contributed by atoms with Crippen LogP contribution in [0.2, 0.25) is 0 Å². The number of carbonyl (C=O) groups is 2. The van der Waals surface area contributed by atoms with Crippen molar-refractivity contribution in [2.45, 2.75) is 18.9 Å². The Bertz CT molecular complexity index is 563. The van der Waals surface area contributed by atoms with E-state index in [0.29, 0.717) is 24.2 Å². The SMILES string of the molecule is COCC(COc1cc(F)c2c(c1)CC(C=O)C2)NC(=O)O. The van der Waals surface area contributed by atoms with E-state index in [2.05, 4.69) is 5.32 Å². The van der Waals surface area contributed by atoms with Crippen LogP contribution in [0, 0.1) is 11.7 Å². The van der Waals surface area contributed by atoms with E-state index in [4.69, 9.17) is 14.6 Å². The van der Waals surface area contributed by atoms with E-state index in [1.807, 2.05) is 0 Å². The number of amides is 1. The topological polar surface area (TPSA) is 84.9 Å². The molecule has 0 saturated heterocycles. The summed E-state index contributed by atoms with van der Waals surface area (Å²) in [5.41, 5.74) is 1.32. The van der Waals surface area contributed by atoms with E-state index in [-0.39, 0.29) is 19.1 Å². The number of fused-ring (bicyclic) bond motifs is 1. The second kappa shape index (κ2) is 7.22. The van der Waals surface area contributed by atoms with E-state index in [1.165, 1.54) is 13.2 Å². The van der Waals surface area contributed by atoms with E-state index in [1.54, 1.807) is 6.07 Å². The van der Waals surface area contributed by atoms with Crippen molar-refractivity contribution in [2.24, 2.45) is 5.92 Å². The third-order valence-electron chi connectivity index (χ3n) is 3.55. The van der Waals surface area contributed by atoms with E-state index in [9.17, 15) is 14.0 Å². The maximum Gasteiger partial charge on any atom is 0.405 e. The third kappa shape index (κ3) is 3.94. The molecule has 0 saturated carbocycles. The summed E-state index contributed by atoms with van der Waals surface area (Å²) in [6, 6.07) is 2.41. The van der Waals surface area contributed by atoms with Crippen LogP contribution in [0.25, 0.3) is 0 Å². The van der Waals surface area contributed by atoms with Gasteiger partial charge in [0.05, 0.1) is 12.6 Å². The van der Waals surface area contributed by atoms with Crippen molar-refractivity contribution in [1.29, 1.82) is 0 Å². The number of aldehydes is 1. The number of carbonyl (C=O) groups excluding carboxylic acids is 1. The van der Waals surface area contributed by atoms with Crippen LogP contribution in [0.15, 0.2) is 12.1 Å². The molecule has 2 N–H and O–H groups in total. The standard InChI is InChI=1S/C15H18FNO5/c1-21-7-11(17-15(19)20)8-22-12-4-10-2-9(6-18)3-13(10)14(16)5-12/h4-6,9,11,17H,2-3,7-8H2,1H3,(H,19,20). The number of ether oxygens (including phenoxy) is 2. The molecule has 0 aliphatic heterocycles. The van der Waals surface area contributed by atoms with Gasteiger partial charge in [-0.05, 0) is 30.0 Å². The van der Waals surface area contributed by atoms with Gasteiger partial charge in [-0.15, -0.1) is 0 Å². The summed E-state index contributed by atoms with van der Waals surface area (Å²) in [7, 11) is 1.45. The van der Waals surface area contributed by atoms with Gasteiger partial charge in [0.15, 0.2) is 0 Å². The molecule has 2 unspecified atom stereocenters. The van der Waals surface area contributed by atoms with Crippen molar-refractivity contribution < 1.29 is 28.6 Å². The molecule has 0 aromatic heterocycles. The maximum absolute atomic E-state index is 14.0. The molecule has 0 fully saturated rings. The fraction of sp³-hybridized carbons (Fsp3) is 0.467. The minimum absolute atomic E-state index is 0.0233. The summed E-state index contributed by atoms with van der Waals surface area (Å²) in [5, 5.41) is 11.0. The number of hydrogen-bond acceptors (Lipinski definition) is 4. The van der Waals surface area contributed by atoms with Gasteiger partial charge in [0, 0.05) is 19.1 Å². The van der Waals surface area contributed by atoms with Crippen molar-refractivity contribution in [1.82, 2.24) is 5.32 Å². The van der Waals surface area contributed by atoms with Crippen molar-refractivity contribution in [3.63, 3.8) is 0 Å². The Morgan fingerprint density at radius 2 is 2.27 bits per heavy atom. The van der Waals surface area contributed by atoms with Crippen LogP contribution in [0.1, 0.15) is 11.1 Å². The van der Waals surface area contributed by atoms with E-state index in [0.717, 1.165) is 11.8 Å². The first-order valence-corrected chi connectivity index (χ1v) is 6.91. The van der Waals surface area contributed by atoms with Crippen LogP contribution in [0.3, 0.4) is 0 Å². The van der Waals surface area contributed by atoms with Gasteiger partial charge in [-0.25, -0.2) is 9.18 Å². The Hall–Kier alpha value is -2.15. The number of carboxylic acid groups (broad SMARTS) is 1. The molecule has 1 aromatic rings. The highest BCUT2D eigenvalue weighted by molar-refractivity contribution is 5.64. The lowest BCUT2D eigenvalue weighted by Crippen LogP contribution is -2.41. The predicted molar refractivity (Wildman–Crippen MR) is 75.7 cm³/mol. The molecule has 22 heavy (non-hydrogen) atoms. The molecule has 6 nitrogen and oxygen atoms in total. The van der Waals surface area contributed by atoms with Gasteiger partial charge in [0.25, 0.3) is 0 Å². The van der Waals surface area contributed by atoms with Crippen LogP contribution in [0.4, 0.5) is 9.18 Å². The Labute approximate surface area is 127 Å². The summed E-state index contributed by atoms with van der Waals surface area (Å²) in [6.07, 6.45) is 0.574. The van der Waals surface area contributed by atoms with Crippen LogP contribution in [-0.4, -0.2) is 43.9 Å². The molecule has 1 aliphatic rings. The van der Waals surface area contributed by atoms with Gasteiger partial charge in [-0.2, -0.15) is 0 Å². The van der Waals surface area contributed by atoms with Crippen molar-refractivity contribution in [3.8, 4) is 5.75 Å². The molecular weight excluding hydrogens is 293 g/mol. The third-order valence-corrected chi connectivity index (χ3v) is 3.55. The summed E-state index contributed by atoms with van der Waals surface area (Å²) < 4.78 is 24.4. The molecule has 2 atom stereocenters. The quantitative estimate of drug-likeness (QED) is 0.744. The fourth-order valence-electron chi connectivity index (χ4n) is 2.58. The molecule has 1 aromatic carbocycles. The molecular formula is C15H18FNO5. The highest BCUT2D eigenvalue weighted by Crippen LogP contribution is 2.31. The highest BCUT2D eigenvalue weighted by atomic mass is 19.1. The lowest BCUT2D eigenvalue weighted by Gasteiger charge is -2.17.